The zero-order valence-electron chi connectivity index (χ0n) is 19.2. The Labute approximate surface area is 201 Å². The zero-order chi connectivity index (χ0) is 23.7. The van der Waals surface area contributed by atoms with E-state index >= 15 is 0 Å². The Kier molecular flexibility index (Phi) is 10.3. The SMILES string of the molecule is CCCCNC(=O)[C@@H](CC)N(Cc1ccc(Cl)c(Cl)c1)C(=O)COc1cc(C)ccc1C. The number of amides is 2. The second-order valence-electron chi connectivity index (χ2n) is 7.90. The van der Waals surface area contributed by atoms with E-state index in [0.29, 0.717) is 28.8 Å². The molecule has 7 heteroatoms. The van der Waals surface area contributed by atoms with Gasteiger partial charge in [-0.2, -0.15) is 0 Å². The lowest BCUT2D eigenvalue weighted by molar-refractivity contribution is -0.143. The van der Waals surface area contributed by atoms with Gasteiger partial charge in [0.1, 0.15) is 11.8 Å². The molecule has 0 bridgehead atoms. The molecule has 0 saturated heterocycles. The number of benzene rings is 2. The molecule has 0 aliphatic carbocycles. The molecule has 2 aromatic carbocycles. The van der Waals surface area contributed by atoms with Crippen LogP contribution in [0.4, 0.5) is 0 Å². The van der Waals surface area contributed by atoms with E-state index in [4.69, 9.17) is 27.9 Å². The summed E-state index contributed by atoms with van der Waals surface area (Å²) in [5.41, 5.74) is 2.79. The van der Waals surface area contributed by atoms with Gasteiger partial charge in [-0.3, -0.25) is 9.59 Å². The molecule has 5 nitrogen and oxygen atoms in total. The summed E-state index contributed by atoms with van der Waals surface area (Å²) in [7, 11) is 0. The molecule has 0 radical (unpaired) electrons. The summed E-state index contributed by atoms with van der Waals surface area (Å²) in [4.78, 5) is 27.7. The average molecular weight is 479 g/mol. The molecule has 174 valence electrons. The summed E-state index contributed by atoms with van der Waals surface area (Å²) in [6.07, 6.45) is 2.35. The number of carbonyl (C=O) groups is 2. The molecular formula is C25H32Cl2N2O3. The van der Waals surface area contributed by atoms with Crippen molar-refractivity contribution in [1.29, 1.82) is 0 Å². The molecule has 0 aromatic heterocycles. The van der Waals surface area contributed by atoms with Crippen molar-refractivity contribution in [2.75, 3.05) is 13.2 Å². The molecule has 0 saturated carbocycles. The number of nitrogens with zero attached hydrogens (tertiary/aromatic N) is 1. The van der Waals surface area contributed by atoms with Gasteiger partial charge in [-0.25, -0.2) is 0 Å². The highest BCUT2D eigenvalue weighted by Gasteiger charge is 2.29. The van der Waals surface area contributed by atoms with Gasteiger partial charge in [-0.1, -0.05) is 61.7 Å². The first-order valence-corrected chi connectivity index (χ1v) is 11.7. The van der Waals surface area contributed by atoms with Gasteiger partial charge in [0.05, 0.1) is 10.0 Å². The number of aryl methyl sites for hydroxylation is 2. The first kappa shape index (κ1) is 26.0. The van der Waals surface area contributed by atoms with E-state index in [2.05, 4.69) is 12.2 Å². The van der Waals surface area contributed by atoms with Crippen LogP contribution in [-0.2, 0) is 16.1 Å². The third-order valence-electron chi connectivity index (χ3n) is 5.25. The number of unbranched alkanes of at least 4 members (excludes halogenated alkanes) is 1. The van der Waals surface area contributed by atoms with Gasteiger partial charge in [0.2, 0.25) is 5.91 Å². The van der Waals surface area contributed by atoms with Crippen LogP contribution in [0, 0.1) is 13.8 Å². The molecule has 1 N–H and O–H groups in total. The average Bonchev–Trinajstić information content (AvgIpc) is 2.76. The largest absolute Gasteiger partial charge is 0.483 e. The van der Waals surface area contributed by atoms with Crippen LogP contribution in [0.3, 0.4) is 0 Å². The number of ether oxygens (including phenoxy) is 1. The fraction of sp³-hybridized carbons (Fsp3) is 0.440. The Balaban J connectivity index is 2.24. The van der Waals surface area contributed by atoms with E-state index in [1.165, 1.54) is 0 Å². The molecule has 0 heterocycles. The topological polar surface area (TPSA) is 58.6 Å². The highest BCUT2D eigenvalue weighted by molar-refractivity contribution is 6.42. The van der Waals surface area contributed by atoms with Crippen LogP contribution in [0.5, 0.6) is 5.75 Å². The quantitative estimate of drug-likeness (QED) is 0.420. The third-order valence-corrected chi connectivity index (χ3v) is 5.99. The van der Waals surface area contributed by atoms with Gasteiger partial charge in [-0.05, 0) is 61.6 Å². The summed E-state index contributed by atoms with van der Waals surface area (Å²) in [6.45, 7) is 8.51. The van der Waals surface area contributed by atoms with E-state index < -0.39 is 6.04 Å². The number of hydrogen-bond acceptors (Lipinski definition) is 3. The fourth-order valence-electron chi connectivity index (χ4n) is 3.35. The van der Waals surface area contributed by atoms with E-state index in [0.717, 1.165) is 29.5 Å². The van der Waals surface area contributed by atoms with Gasteiger partial charge >= 0.3 is 0 Å². The number of carbonyl (C=O) groups excluding carboxylic acids is 2. The Morgan fingerprint density at radius 1 is 1.06 bits per heavy atom. The maximum Gasteiger partial charge on any atom is 0.261 e. The molecule has 2 aromatic rings. The molecule has 1 atom stereocenters. The summed E-state index contributed by atoms with van der Waals surface area (Å²) in [5, 5.41) is 3.79. The molecule has 0 aliphatic heterocycles. The Morgan fingerprint density at radius 3 is 2.47 bits per heavy atom. The predicted octanol–water partition coefficient (Wildman–Crippen LogP) is 5.71. The van der Waals surface area contributed by atoms with E-state index in [9.17, 15) is 9.59 Å². The van der Waals surface area contributed by atoms with Gasteiger partial charge in [0.15, 0.2) is 6.61 Å². The van der Waals surface area contributed by atoms with Crippen LogP contribution in [0.15, 0.2) is 36.4 Å². The van der Waals surface area contributed by atoms with E-state index in [-0.39, 0.29) is 25.0 Å². The first-order valence-electron chi connectivity index (χ1n) is 11.0. The highest BCUT2D eigenvalue weighted by atomic mass is 35.5. The molecule has 0 fully saturated rings. The molecule has 2 rings (SSSR count). The van der Waals surface area contributed by atoms with Crippen molar-refractivity contribution >= 4 is 35.0 Å². The van der Waals surface area contributed by atoms with Crippen molar-refractivity contribution in [2.45, 2.75) is 59.5 Å². The minimum atomic E-state index is -0.615. The number of halogens is 2. The molecule has 0 aliphatic rings. The summed E-state index contributed by atoms with van der Waals surface area (Å²) < 4.78 is 5.84. The molecular weight excluding hydrogens is 447 g/mol. The predicted molar refractivity (Wildman–Crippen MR) is 130 cm³/mol. The molecule has 0 unspecified atom stereocenters. The minimum Gasteiger partial charge on any atom is -0.483 e. The Hall–Kier alpha value is -2.24. The standard InChI is InChI=1S/C25H32Cl2N2O3/c1-5-7-12-28-25(31)22(6-2)29(15-19-10-11-20(26)21(27)14-19)24(30)16-32-23-13-17(3)8-9-18(23)4/h8-11,13-14,22H,5-7,12,15-16H2,1-4H3,(H,28,31)/t22-/m1/s1. The fourth-order valence-corrected chi connectivity index (χ4v) is 3.67. The van der Waals surface area contributed by atoms with Crippen molar-refractivity contribution in [3.63, 3.8) is 0 Å². The number of nitrogens with one attached hydrogen (secondary N) is 1. The molecule has 0 spiro atoms. The van der Waals surface area contributed by atoms with Crippen LogP contribution in [-0.4, -0.2) is 35.9 Å². The van der Waals surface area contributed by atoms with Crippen LogP contribution < -0.4 is 10.1 Å². The second-order valence-corrected chi connectivity index (χ2v) is 8.71. The maximum absolute atomic E-state index is 13.3. The Morgan fingerprint density at radius 2 is 1.81 bits per heavy atom. The Bertz CT molecular complexity index is 933. The lowest BCUT2D eigenvalue weighted by atomic mass is 10.1. The van der Waals surface area contributed by atoms with E-state index in [1.54, 1.807) is 17.0 Å². The van der Waals surface area contributed by atoms with Crippen LogP contribution in [0.2, 0.25) is 10.0 Å². The van der Waals surface area contributed by atoms with Crippen LogP contribution in [0.1, 0.15) is 49.8 Å². The molecule has 2 amide bonds. The zero-order valence-corrected chi connectivity index (χ0v) is 20.7. The van der Waals surface area contributed by atoms with Crippen molar-refractivity contribution < 1.29 is 14.3 Å². The number of rotatable bonds is 11. The maximum atomic E-state index is 13.3. The van der Waals surface area contributed by atoms with Crippen LogP contribution in [0.25, 0.3) is 0 Å². The first-order chi connectivity index (χ1) is 15.3. The van der Waals surface area contributed by atoms with Gasteiger partial charge in [0.25, 0.3) is 5.91 Å². The lowest BCUT2D eigenvalue weighted by Gasteiger charge is -2.30. The lowest BCUT2D eigenvalue weighted by Crippen LogP contribution is -2.50. The van der Waals surface area contributed by atoms with Crippen molar-refractivity contribution in [3.05, 3.63) is 63.1 Å². The monoisotopic (exact) mass is 478 g/mol. The molecule has 32 heavy (non-hydrogen) atoms. The second kappa shape index (κ2) is 12.7. The summed E-state index contributed by atoms with van der Waals surface area (Å²) in [6, 6.07) is 10.5. The van der Waals surface area contributed by atoms with Gasteiger partial charge in [0, 0.05) is 13.1 Å². The highest BCUT2D eigenvalue weighted by Crippen LogP contribution is 2.24. The summed E-state index contributed by atoms with van der Waals surface area (Å²) >= 11 is 12.2. The van der Waals surface area contributed by atoms with Gasteiger partial charge in [-0.15, -0.1) is 0 Å². The van der Waals surface area contributed by atoms with E-state index in [1.807, 2.05) is 45.0 Å². The minimum absolute atomic E-state index is 0.162. The third kappa shape index (κ3) is 7.42. The smallest absolute Gasteiger partial charge is 0.261 e. The van der Waals surface area contributed by atoms with Crippen molar-refractivity contribution in [2.24, 2.45) is 0 Å². The summed E-state index contributed by atoms with van der Waals surface area (Å²) in [5.74, 6) is 0.226. The normalized spacial score (nSPS) is 11.7. The number of hydrogen-bond donors (Lipinski definition) is 1. The van der Waals surface area contributed by atoms with Crippen molar-refractivity contribution in [1.82, 2.24) is 10.2 Å². The van der Waals surface area contributed by atoms with Gasteiger partial charge < -0.3 is 15.0 Å². The van der Waals surface area contributed by atoms with Crippen molar-refractivity contribution in [3.8, 4) is 5.75 Å². The van der Waals surface area contributed by atoms with Crippen LogP contribution >= 0.6 is 23.2 Å².